The van der Waals surface area contributed by atoms with Gasteiger partial charge in [0.2, 0.25) is 0 Å². The standard InChI is InChI=1S/4C4H8O.3H2NO3.Pr/c4*1-2-4-5-3-1;3*2-1(3)4;/h4*1-4H2;3*(H2,2,3,4);/q;;;;3*+1;. The first kappa shape index (κ1) is 39.0. The molecule has 0 spiro atoms. The van der Waals surface area contributed by atoms with Crippen LogP contribution in [0, 0.1) is 56.0 Å². The van der Waals surface area contributed by atoms with Crippen molar-refractivity contribution in [3.63, 3.8) is 0 Å². The van der Waals surface area contributed by atoms with Gasteiger partial charge >= 0.3 is 15.3 Å². The minimum absolute atomic E-state index is 0. The summed E-state index contributed by atoms with van der Waals surface area (Å²) in [4.78, 5) is 25.4. The van der Waals surface area contributed by atoms with Crippen molar-refractivity contribution >= 4 is 0 Å². The summed E-state index contributed by atoms with van der Waals surface area (Å²) in [6.45, 7) is 8.00. The van der Waals surface area contributed by atoms with E-state index in [1.807, 2.05) is 0 Å². The molecule has 4 aliphatic rings. The van der Waals surface area contributed by atoms with E-state index in [1.54, 1.807) is 0 Å². The summed E-state index contributed by atoms with van der Waals surface area (Å²) >= 11 is 0. The summed E-state index contributed by atoms with van der Waals surface area (Å²) in [7, 11) is 0. The molecule has 4 rings (SSSR count). The predicted molar refractivity (Wildman–Crippen MR) is 102 cm³/mol. The van der Waals surface area contributed by atoms with E-state index in [2.05, 4.69) is 0 Å². The van der Waals surface area contributed by atoms with Gasteiger partial charge < -0.3 is 18.9 Å². The first-order valence-electron chi connectivity index (χ1n) is 10.1. The Bertz CT molecular complexity index is 309. The van der Waals surface area contributed by atoms with E-state index < -0.39 is 15.3 Å². The third kappa shape index (κ3) is 72.3. The van der Waals surface area contributed by atoms with E-state index in [0.29, 0.717) is 0 Å². The fourth-order valence-electron chi connectivity index (χ4n) is 2.04. The number of nitrogens with zero attached hydrogens (tertiary/aromatic N) is 3. The molecule has 0 aromatic carbocycles. The zero-order valence-electron chi connectivity index (χ0n) is 18.8. The van der Waals surface area contributed by atoms with Crippen molar-refractivity contribution in [2.75, 3.05) is 52.9 Å². The molecule has 4 heterocycles. The van der Waals surface area contributed by atoms with Crippen LogP contribution in [-0.2, 0) is 18.9 Å². The minimum atomic E-state index is -1.25. The number of rotatable bonds is 0. The van der Waals surface area contributed by atoms with E-state index in [-0.39, 0.29) is 41.3 Å². The van der Waals surface area contributed by atoms with Crippen LogP contribution in [0.4, 0.5) is 0 Å². The molecule has 1 radical (unpaired) electrons. The van der Waals surface area contributed by atoms with Gasteiger partial charge in [0.1, 0.15) is 14.7 Å². The average molecular weight is 621 g/mol. The van der Waals surface area contributed by atoms with E-state index in [0.717, 1.165) is 52.9 Å². The molecular weight excluding hydrogens is 583 g/mol. The van der Waals surface area contributed by atoms with E-state index in [1.165, 1.54) is 51.4 Å². The van der Waals surface area contributed by atoms with Crippen LogP contribution in [0.1, 0.15) is 51.4 Å². The van der Waals surface area contributed by atoms with Crippen LogP contribution in [0.15, 0.2) is 0 Å². The first-order valence-corrected chi connectivity index (χ1v) is 10.1. The van der Waals surface area contributed by atoms with Crippen molar-refractivity contribution < 1.29 is 107 Å². The largest absolute Gasteiger partial charge is 0.472 e. The first-order chi connectivity index (χ1) is 15.2. The molecule has 0 amide bonds. The molecule has 16 nitrogen and oxygen atoms in total. The van der Waals surface area contributed by atoms with Crippen molar-refractivity contribution in [1.29, 1.82) is 0 Å². The molecule has 0 aromatic heterocycles. The monoisotopic (exact) mass is 621 g/mol. The second-order valence-electron chi connectivity index (χ2n) is 6.04. The van der Waals surface area contributed by atoms with Crippen LogP contribution in [0.25, 0.3) is 0 Å². The molecule has 0 atom stereocenters. The quantitative estimate of drug-likeness (QED) is 0.213. The smallest absolute Gasteiger partial charge is 0.381 e. The molecule has 17 heteroatoms. The van der Waals surface area contributed by atoms with Gasteiger partial charge in [-0.2, -0.15) is 0 Å². The fourth-order valence-corrected chi connectivity index (χ4v) is 2.04. The molecule has 6 N–H and O–H groups in total. The average Bonchev–Trinajstić information content (AvgIpc) is 3.56. The van der Waals surface area contributed by atoms with Gasteiger partial charge in [0.15, 0.2) is 0 Å². The molecular formula is C16H38N3O13Pr+3. The van der Waals surface area contributed by atoms with Crippen molar-refractivity contribution in [3.8, 4) is 0 Å². The van der Waals surface area contributed by atoms with Gasteiger partial charge in [0.25, 0.3) is 0 Å². The summed E-state index contributed by atoms with van der Waals surface area (Å²) in [5, 5.41) is 37.6. The normalized spacial score (nSPS) is 16.7. The zero-order valence-corrected chi connectivity index (χ0v) is 22.5. The van der Waals surface area contributed by atoms with E-state index in [4.69, 9.17) is 64.9 Å². The summed E-state index contributed by atoms with van der Waals surface area (Å²) < 4.78 is 19.8. The summed E-state index contributed by atoms with van der Waals surface area (Å²) in [5.74, 6) is 0. The van der Waals surface area contributed by atoms with Gasteiger partial charge in [-0.25, -0.2) is 31.2 Å². The SMILES string of the molecule is C1CCOC1.C1CCOC1.C1CCOC1.C1CCOC1.O=[N+](O)O.O=[N+](O)O.O=[N+](O)O.[Pr]. The Kier molecular flexibility index (Phi) is 41.9. The number of ether oxygens (including phenoxy) is 4. The molecule has 0 aliphatic carbocycles. The van der Waals surface area contributed by atoms with Gasteiger partial charge in [-0.1, -0.05) is 0 Å². The van der Waals surface area contributed by atoms with Crippen LogP contribution in [0.5, 0.6) is 0 Å². The fraction of sp³-hybridized carbons (Fsp3) is 1.00. The maximum atomic E-state index is 8.47. The van der Waals surface area contributed by atoms with Gasteiger partial charge in [-0.3, -0.25) is 0 Å². The topological polar surface area (TPSA) is 219 Å². The van der Waals surface area contributed by atoms with Crippen molar-refractivity contribution in [1.82, 2.24) is 0 Å². The molecule has 0 bridgehead atoms. The predicted octanol–water partition coefficient (Wildman–Crippen LogP) is 1.82. The van der Waals surface area contributed by atoms with Gasteiger partial charge in [-0.05, 0) is 51.4 Å². The number of hydrogen-bond donors (Lipinski definition) is 6. The maximum absolute atomic E-state index is 8.47. The zero-order chi connectivity index (χ0) is 24.9. The van der Waals surface area contributed by atoms with E-state index >= 15 is 0 Å². The number of hydrogen-bond acceptors (Lipinski definition) is 7. The molecule has 4 fully saturated rings. The Morgan fingerprint density at radius 3 is 0.485 bits per heavy atom. The molecule has 4 saturated heterocycles. The Morgan fingerprint density at radius 2 is 0.455 bits per heavy atom. The minimum Gasteiger partial charge on any atom is -0.381 e. The van der Waals surface area contributed by atoms with Crippen molar-refractivity contribution in [3.05, 3.63) is 14.7 Å². The molecule has 0 aromatic rings. The van der Waals surface area contributed by atoms with Crippen LogP contribution >= 0.6 is 0 Å². The summed E-state index contributed by atoms with van der Waals surface area (Å²) in [6.07, 6.45) is 10.2. The molecule has 0 saturated carbocycles. The van der Waals surface area contributed by atoms with Crippen molar-refractivity contribution in [2.24, 2.45) is 0 Å². The van der Waals surface area contributed by atoms with Crippen LogP contribution in [0.3, 0.4) is 0 Å². The summed E-state index contributed by atoms with van der Waals surface area (Å²) in [5.41, 5.74) is 0. The molecule has 195 valence electrons. The second-order valence-corrected chi connectivity index (χ2v) is 6.04. The van der Waals surface area contributed by atoms with Gasteiger partial charge in [0.05, 0.1) is 0 Å². The third-order valence-corrected chi connectivity index (χ3v) is 3.31. The Balaban J connectivity index is -0.000000149. The van der Waals surface area contributed by atoms with Crippen LogP contribution < -0.4 is 0 Å². The van der Waals surface area contributed by atoms with Crippen LogP contribution in [-0.4, -0.2) is 99.4 Å². The third-order valence-electron chi connectivity index (χ3n) is 3.31. The Morgan fingerprint density at radius 1 is 0.364 bits per heavy atom. The van der Waals surface area contributed by atoms with Gasteiger partial charge in [-0.15, -0.1) is 0 Å². The molecule has 4 aliphatic heterocycles. The Hall–Kier alpha value is -1.20. The van der Waals surface area contributed by atoms with Crippen LogP contribution in [0.2, 0.25) is 0 Å². The van der Waals surface area contributed by atoms with Crippen molar-refractivity contribution in [2.45, 2.75) is 51.4 Å². The van der Waals surface area contributed by atoms with E-state index in [9.17, 15) is 0 Å². The maximum Gasteiger partial charge on any atom is 0.472 e. The second kappa shape index (κ2) is 35.4. The Labute approximate surface area is 224 Å². The summed E-state index contributed by atoms with van der Waals surface area (Å²) in [6, 6.07) is 0. The molecule has 33 heavy (non-hydrogen) atoms. The van der Waals surface area contributed by atoms with Gasteiger partial charge in [0, 0.05) is 94.1 Å². The molecule has 0 unspecified atom stereocenters.